The van der Waals surface area contributed by atoms with Crippen LogP contribution in [0.1, 0.15) is 195 Å². The molecule has 3 aliphatic rings. The SMILES string of the molecule is C=C(C)C.CC(C)(C)OOC(C)(C)C.CC1C(=O)N(CCNCCNCCNCCN)C(=O)C1CC(C)(C)C.CC1C(=O)OC(=O)C1CC(C)(C)C.CCCCCCCCCCCCN.O=C1C=CC(=O)O1. The average Bonchev–Trinajstić information content (AvgIpc) is 3.82. The molecule has 2 fully saturated rings. The van der Waals surface area contributed by atoms with Gasteiger partial charge in [0.05, 0.1) is 29.0 Å². The van der Waals surface area contributed by atoms with Gasteiger partial charge in [-0.15, -0.1) is 6.58 Å². The molecule has 2 amide bonds. The molecule has 16 heteroatoms. The molecule has 0 aromatic carbocycles. The van der Waals surface area contributed by atoms with E-state index in [0.717, 1.165) is 57.8 Å². The Morgan fingerprint density at radius 2 is 0.944 bits per heavy atom. The molecule has 72 heavy (non-hydrogen) atoms. The van der Waals surface area contributed by atoms with Gasteiger partial charge in [-0.25, -0.2) is 19.4 Å². The zero-order chi connectivity index (χ0) is 56.1. The second kappa shape index (κ2) is 40.0. The number of amides is 2. The third-order valence-corrected chi connectivity index (χ3v) is 10.4. The number of hydrogen-bond acceptors (Lipinski definition) is 15. The fraction of sp³-hybridized carbons (Fsp3) is 0.821. The third-order valence-electron chi connectivity index (χ3n) is 10.4. The second-order valence-electron chi connectivity index (χ2n) is 23.6. The van der Waals surface area contributed by atoms with Gasteiger partial charge in [-0.05, 0) is 92.0 Å². The fourth-order valence-corrected chi connectivity index (χ4v) is 6.85. The molecule has 422 valence electrons. The summed E-state index contributed by atoms with van der Waals surface area (Å²) in [5.74, 6) is -2.80. The summed E-state index contributed by atoms with van der Waals surface area (Å²) >= 11 is 0. The number of hydrogen-bond donors (Lipinski definition) is 5. The molecule has 16 nitrogen and oxygen atoms in total. The highest BCUT2D eigenvalue weighted by Crippen LogP contribution is 2.36. The van der Waals surface area contributed by atoms with Gasteiger partial charge in [-0.1, -0.05) is 126 Å². The second-order valence-corrected chi connectivity index (χ2v) is 23.6. The van der Waals surface area contributed by atoms with Crippen LogP contribution in [0.2, 0.25) is 0 Å². The van der Waals surface area contributed by atoms with Crippen molar-refractivity contribution in [3.05, 3.63) is 24.3 Å². The lowest BCUT2D eigenvalue weighted by Gasteiger charge is -2.24. The van der Waals surface area contributed by atoms with E-state index < -0.39 is 11.9 Å². The van der Waals surface area contributed by atoms with E-state index in [1.54, 1.807) is 6.92 Å². The highest BCUT2D eigenvalue weighted by molar-refractivity contribution is 6.05. The van der Waals surface area contributed by atoms with Crippen molar-refractivity contribution in [3.8, 4) is 0 Å². The van der Waals surface area contributed by atoms with Crippen molar-refractivity contribution >= 4 is 35.7 Å². The van der Waals surface area contributed by atoms with E-state index in [1.807, 2.05) is 62.3 Å². The lowest BCUT2D eigenvalue weighted by Crippen LogP contribution is -2.39. The lowest BCUT2D eigenvalue weighted by atomic mass is 9.80. The summed E-state index contributed by atoms with van der Waals surface area (Å²) in [6.07, 6.45) is 17.6. The highest BCUT2D eigenvalue weighted by atomic mass is 17.2. The molecule has 7 N–H and O–H groups in total. The molecule has 0 bridgehead atoms. The Morgan fingerprint density at radius 1 is 0.556 bits per heavy atom. The van der Waals surface area contributed by atoms with Crippen molar-refractivity contribution in [1.82, 2.24) is 20.9 Å². The van der Waals surface area contributed by atoms with Gasteiger partial charge < -0.3 is 36.9 Å². The summed E-state index contributed by atoms with van der Waals surface area (Å²) in [7, 11) is 0. The number of carbonyl (C=O) groups is 6. The predicted molar refractivity (Wildman–Crippen MR) is 292 cm³/mol. The number of nitrogens with zero attached hydrogens (tertiary/aromatic N) is 1. The number of allylic oxidation sites excluding steroid dienone is 1. The summed E-state index contributed by atoms with van der Waals surface area (Å²) in [5.41, 5.74) is 11.7. The molecule has 3 rings (SSSR count). The first-order valence-corrected chi connectivity index (χ1v) is 26.8. The van der Waals surface area contributed by atoms with Gasteiger partial charge in [-0.3, -0.25) is 24.1 Å². The maximum Gasteiger partial charge on any atom is 0.338 e. The third kappa shape index (κ3) is 44.1. The van der Waals surface area contributed by atoms with Crippen LogP contribution in [0.3, 0.4) is 0 Å². The number of imide groups is 1. The molecule has 0 aromatic rings. The number of nitrogens with two attached hydrogens (primary N) is 2. The van der Waals surface area contributed by atoms with E-state index in [2.05, 4.69) is 80.5 Å². The molecule has 4 unspecified atom stereocenters. The van der Waals surface area contributed by atoms with E-state index in [1.165, 1.54) is 74.7 Å². The number of esters is 4. The van der Waals surface area contributed by atoms with Crippen LogP contribution in [-0.2, 0) is 48.0 Å². The van der Waals surface area contributed by atoms with Crippen LogP contribution in [0, 0.1) is 34.5 Å². The van der Waals surface area contributed by atoms with Gasteiger partial charge >= 0.3 is 23.9 Å². The Kier molecular flexibility index (Phi) is 40.5. The average molecular weight is 1030 g/mol. The molecule has 2 saturated heterocycles. The van der Waals surface area contributed by atoms with Crippen molar-refractivity contribution in [2.75, 3.05) is 58.9 Å². The summed E-state index contributed by atoms with van der Waals surface area (Å²) in [6.45, 7) is 44.6. The predicted octanol–water partition coefficient (Wildman–Crippen LogP) is 9.14. The number of likely N-dealkylation sites (tertiary alicyclic amines) is 1. The van der Waals surface area contributed by atoms with Crippen LogP contribution in [0.5, 0.6) is 0 Å². The van der Waals surface area contributed by atoms with Crippen molar-refractivity contribution in [2.45, 2.75) is 206 Å². The number of rotatable bonds is 24. The van der Waals surface area contributed by atoms with Gasteiger partial charge in [0.15, 0.2) is 0 Å². The standard InChI is InChI=1S/C18H37N5O2.C12H27N.C10H16O3.C8H18O2.C4H2O3.C4H8/c1-14-15(13-18(2,3)4)17(25)23(16(14)24)12-11-22-10-9-21-8-7-20-6-5-19;1-2-3-4-5-6-7-8-9-10-11-12-13;1-6-7(5-10(2,3)4)9(12)13-8(6)11;1-7(2,3)9-10-8(4,5)6;5-3-1-2-4(6)7-3;1-4(2)3/h14-15,20-22H,5-13,19H2,1-4H3;2-13H2,1H3;6-7H,5H2,1-4H3;1-6H3;1-2H;1H2,2-3H3. The highest BCUT2D eigenvalue weighted by Gasteiger charge is 2.46. The lowest BCUT2D eigenvalue weighted by molar-refractivity contribution is -0.393. The first-order valence-electron chi connectivity index (χ1n) is 26.8. The summed E-state index contributed by atoms with van der Waals surface area (Å²) in [6, 6.07) is 0. The minimum Gasteiger partial charge on any atom is -0.393 e. The fourth-order valence-electron chi connectivity index (χ4n) is 6.85. The van der Waals surface area contributed by atoms with Crippen LogP contribution in [0.15, 0.2) is 24.3 Å². The summed E-state index contributed by atoms with van der Waals surface area (Å²) in [4.78, 5) is 78.6. The first kappa shape index (κ1) is 72.9. The molecule has 0 saturated carbocycles. The normalized spacial score (nSPS) is 18.6. The summed E-state index contributed by atoms with van der Waals surface area (Å²) in [5, 5.41) is 9.82. The molecular weight excluding hydrogens is 917 g/mol. The number of unbranched alkanes of at least 4 members (excludes halogenated alkanes) is 9. The van der Waals surface area contributed by atoms with Crippen LogP contribution in [-0.4, -0.2) is 111 Å². The van der Waals surface area contributed by atoms with Crippen molar-refractivity contribution in [1.29, 1.82) is 0 Å². The van der Waals surface area contributed by atoms with E-state index in [-0.39, 0.29) is 69.5 Å². The quantitative estimate of drug-likeness (QED) is 0.0115. The first-order chi connectivity index (χ1) is 33.2. The van der Waals surface area contributed by atoms with Crippen LogP contribution < -0.4 is 27.4 Å². The van der Waals surface area contributed by atoms with E-state index in [4.69, 9.17) is 21.2 Å². The van der Waals surface area contributed by atoms with Crippen molar-refractivity contribution < 1.29 is 48.0 Å². The summed E-state index contributed by atoms with van der Waals surface area (Å²) < 4.78 is 8.53. The number of nitrogens with one attached hydrogen (secondary N) is 3. The number of ether oxygens (including phenoxy) is 2. The molecule has 0 spiro atoms. The van der Waals surface area contributed by atoms with Gasteiger partial charge in [0, 0.05) is 70.4 Å². The monoisotopic (exact) mass is 1020 g/mol. The molecule has 0 radical (unpaired) electrons. The Bertz CT molecular complexity index is 1510. The van der Waals surface area contributed by atoms with Gasteiger partial charge in [0.25, 0.3) is 0 Å². The van der Waals surface area contributed by atoms with Crippen LogP contribution in [0.25, 0.3) is 0 Å². The van der Waals surface area contributed by atoms with Gasteiger partial charge in [0.2, 0.25) is 11.8 Å². The van der Waals surface area contributed by atoms with Crippen LogP contribution >= 0.6 is 0 Å². The Balaban J connectivity index is -0.000000864. The zero-order valence-electron chi connectivity index (χ0n) is 48.7. The number of carbonyl (C=O) groups excluding carboxylic acids is 6. The largest absolute Gasteiger partial charge is 0.393 e. The van der Waals surface area contributed by atoms with E-state index >= 15 is 0 Å². The van der Waals surface area contributed by atoms with Crippen LogP contribution in [0.4, 0.5) is 0 Å². The zero-order valence-corrected chi connectivity index (χ0v) is 48.7. The Labute approximate surface area is 438 Å². The molecule has 0 aromatic heterocycles. The van der Waals surface area contributed by atoms with E-state index in [0.29, 0.717) is 26.1 Å². The topological polar surface area (TPSA) is 231 Å². The minimum atomic E-state index is -0.579. The molecule has 3 aliphatic heterocycles. The minimum absolute atomic E-state index is 0.00155. The molecule has 4 atom stereocenters. The van der Waals surface area contributed by atoms with Crippen molar-refractivity contribution in [2.24, 2.45) is 46.0 Å². The molecule has 0 aliphatic carbocycles. The Morgan fingerprint density at radius 3 is 1.28 bits per heavy atom. The molecule has 3 heterocycles. The van der Waals surface area contributed by atoms with E-state index in [9.17, 15) is 28.8 Å². The Hall–Kier alpha value is -3.38. The maximum absolute atomic E-state index is 12.5. The van der Waals surface area contributed by atoms with Gasteiger partial charge in [0.1, 0.15) is 0 Å². The smallest absolute Gasteiger partial charge is 0.338 e. The number of cyclic esters (lactones) is 4. The maximum atomic E-state index is 12.5. The van der Waals surface area contributed by atoms with Gasteiger partial charge in [-0.2, -0.15) is 0 Å². The molecular formula is C56H108N6O10. The van der Waals surface area contributed by atoms with Crippen molar-refractivity contribution in [3.63, 3.8) is 0 Å².